The summed E-state index contributed by atoms with van der Waals surface area (Å²) in [5.41, 5.74) is 6.26. The summed E-state index contributed by atoms with van der Waals surface area (Å²) in [6.07, 6.45) is 1.55. The third-order valence-corrected chi connectivity index (χ3v) is 2.56. The highest BCUT2D eigenvalue weighted by Gasteiger charge is 2.14. The lowest BCUT2D eigenvalue weighted by molar-refractivity contribution is 0.102. The second kappa shape index (κ2) is 5.36. The number of hydrogen-bond donors (Lipinski definition) is 4. The predicted octanol–water partition coefficient (Wildman–Crippen LogP) is 1.20. The molecule has 1 aromatic carbocycles. The van der Waals surface area contributed by atoms with E-state index >= 15 is 0 Å². The van der Waals surface area contributed by atoms with Crippen LogP contribution in [0.2, 0.25) is 0 Å². The fourth-order valence-corrected chi connectivity index (χ4v) is 1.52. The van der Waals surface area contributed by atoms with E-state index in [-0.39, 0.29) is 11.3 Å². The number of rotatable bonds is 3. The number of carbonyl (C=O) groups is 1. The minimum atomic E-state index is -0.554. The maximum absolute atomic E-state index is 11.9. The normalized spacial score (nSPS) is 10.2. The SMILES string of the molecule is NCc1ccc(NC(=O)c2cccc(O)c2O)nc1. The second-order valence-corrected chi connectivity index (χ2v) is 3.88. The highest BCUT2D eigenvalue weighted by atomic mass is 16.3. The number of aromatic hydroxyl groups is 2. The van der Waals surface area contributed by atoms with Crippen molar-refractivity contribution in [1.82, 2.24) is 4.98 Å². The summed E-state index contributed by atoms with van der Waals surface area (Å²) in [4.78, 5) is 15.9. The number of phenols is 2. The first-order valence-corrected chi connectivity index (χ1v) is 5.59. The minimum Gasteiger partial charge on any atom is -0.504 e. The molecular weight excluding hydrogens is 246 g/mol. The molecule has 0 atom stereocenters. The molecule has 19 heavy (non-hydrogen) atoms. The Kier molecular flexibility index (Phi) is 3.63. The van der Waals surface area contributed by atoms with Gasteiger partial charge in [-0.1, -0.05) is 12.1 Å². The molecule has 0 saturated carbocycles. The summed E-state index contributed by atoms with van der Waals surface area (Å²) >= 11 is 0. The van der Waals surface area contributed by atoms with Crippen molar-refractivity contribution in [3.8, 4) is 11.5 Å². The Hall–Kier alpha value is -2.60. The Balaban J connectivity index is 2.18. The molecule has 0 fully saturated rings. The maximum Gasteiger partial charge on any atom is 0.260 e. The number of phenolic OH excluding ortho intramolecular Hbond substituents is 2. The summed E-state index contributed by atoms with van der Waals surface area (Å²) in [5, 5.41) is 21.4. The molecule has 1 amide bonds. The molecule has 6 heteroatoms. The smallest absolute Gasteiger partial charge is 0.260 e. The number of carbonyl (C=O) groups excluding carboxylic acids is 1. The van der Waals surface area contributed by atoms with Crippen LogP contribution in [0.3, 0.4) is 0 Å². The molecule has 5 N–H and O–H groups in total. The van der Waals surface area contributed by atoms with Crippen molar-refractivity contribution in [2.75, 3.05) is 5.32 Å². The molecule has 0 radical (unpaired) electrons. The van der Waals surface area contributed by atoms with Crippen LogP contribution in [0.15, 0.2) is 36.5 Å². The Bertz CT molecular complexity index is 597. The summed E-state index contributed by atoms with van der Waals surface area (Å²) in [7, 11) is 0. The number of pyridine rings is 1. The third kappa shape index (κ3) is 2.80. The van der Waals surface area contributed by atoms with E-state index in [1.54, 1.807) is 18.3 Å². The van der Waals surface area contributed by atoms with Crippen LogP contribution in [0.1, 0.15) is 15.9 Å². The van der Waals surface area contributed by atoms with Gasteiger partial charge in [0.15, 0.2) is 11.5 Å². The molecule has 2 aromatic rings. The molecular formula is C13H13N3O3. The number of anilines is 1. The highest BCUT2D eigenvalue weighted by Crippen LogP contribution is 2.28. The minimum absolute atomic E-state index is 0.0234. The van der Waals surface area contributed by atoms with Gasteiger partial charge in [0.25, 0.3) is 5.91 Å². The van der Waals surface area contributed by atoms with Gasteiger partial charge in [-0.05, 0) is 23.8 Å². The molecule has 0 aliphatic carbocycles. The number of para-hydroxylation sites is 1. The van der Waals surface area contributed by atoms with Crippen LogP contribution in [0.25, 0.3) is 0 Å². The van der Waals surface area contributed by atoms with Gasteiger partial charge in [0, 0.05) is 12.7 Å². The number of hydrogen-bond acceptors (Lipinski definition) is 5. The summed E-state index contributed by atoms with van der Waals surface area (Å²) in [5.74, 6) is -1.02. The van der Waals surface area contributed by atoms with Crippen LogP contribution >= 0.6 is 0 Å². The number of aromatic nitrogens is 1. The zero-order valence-electron chi connectivity index (χ0n) is 10.00. The number of benzene rings is 1. The molecule has 1 aromatic heterocycles. The van der Waals surface area contributed by atoms with E-state index in [0.29, 0.717) is 12.4 Å². The fraction of sp³-hybridized carbons (Fsp3) is 0.0769. The van der Waals surface area contributed by atoms with Gasteiger partial charge in [0.2, 0.25) is 0 Å². The Morgan fingerprint density at radius 1 is 1.26 bits per heavy atom. The molecule has 0 saturated heterocycles. The van der Waals surface area contributed by atoms with Gasteiger partial charge in [-0.2, -0.15) is 0 Å². The summed E-state index contributed by atoms with van der Waals surface area (Å²) in [6, 6.07) is 7.51. The lowest BCUT2D eigenvalue weighted by Gasteiger charge is -2.07. The van der Waals surface area contributed by atoms with Crippen LogP contribution in [-0.4, -0.2) is 21.1 Å². The van der Waals surface area contributed by atoms with Gasteiger partial charge in [0.1, 0.15) is 5.82 Å². The lowest BCUT2D eigenvalue weighted by atomic mass is 10.1. The molecule has 98 valence electrons. The molecule has 0 aliphatic rings. The Morgan fingerprint density at radius 2 is 2.05 bits per heavy atom. The van der Waals surface area contributed by atoms with Crippen LogP contribution in [0.4, 0.5) is 5.82 Å². The van der Waals surface area contributed by atoms with Crippen LogP contribution in [0, 0.1) is 0 Å². The number of amides is 1. The second-order valence-electron chi connectivity index (χ2n) is 3.88. The van der Waals surface area contributed by atoms with Crippen LogP contribution in [-0.2, 0) is 6.54 Å². The monoisotopic (exact) mass is 259 g/mol. The van der Waals surface area contributed by atoms with Gasteiger partial charge in [0.05, 0.1) is 5.56 Å². The number of nitrogens with two attached hydrogens (primary N) is 1. The quantitative estimate of drug-likeness (QED) is 0.619. The maximum atomic E-state index is 11.9. The van der Waals surface area contributed by atoms with Gasteiger partial charge >= 0.3 is 0 Å². The van der Waals surface area contributed by atoms with Gasteiger partial charge < -0.3 is 21.3 Å². The third-order valence-electron chi connectivity index (χ3n) is 2.56. The van der Waals surface area contributed by atoms with Crippen molar-refractivity contribution in [2.24, 2.45) is 5.73 Å². The lowest BCUT2D eigenvalue weighted by Crippen LogP contribution is -2.13. The van der Waals surface area contributed by atoms with E-state index in [1.807, 2.05) is 0 Å². The first-order chi connectivity index (χ1) is 9.11. The fourth-order valence-electron chi connectivity index (χ4n) is 1.52. The van der Waals surface area contributed by atoms with E-state index in [0.717, 1.165) is 5.56 Å². The van der Waals surface area contributed by atoms with Gasteiger partial charge in [-0.15, -0.1) is 0 Å². The van der Waals surface area contributed by atoms with Crippen LogP contribution < -0.4 is 11.1 Å². The Morgan fingerprint density at radius 3 is 2.68 bits per heavy atom. The number of nitrogens with zero attached hydrogens (tertiary/aromatic N) is 1. The molecule has 0 spiro atoms. The first kappa shape index (κ1) is 12.8. The van der Waals surface area contributed by atoms with Crippen molar-refractivity contribution < 1.29 is 15.0 Å². The van der Waals surface area contributed by atoms with Crippen molar-refractivity contribution in [3.05, 3.63) is 47.7 Å². The largest absolute Gasteiger partial charge is 0.504 e. The van der Waals surface area contributed by atoms with E-state index in [1.165, 1.54) is 18.2 Å². The van der Waals surface area contributed by atoms with Gasteiger partial charge in [-0.25, -0.2) is 4.98 Å². The van der Waals surface area contributed by atoms with Crippen molar-refractivity contribution in [3.63, 3.8) is 0 Å². The van der Waals surface area contributed by atoms with Crippen LogP contribution in [0.5, 0.6) is 11.5 Å². The molecule has 0 unspecified atom stereocenters. The van der Waals surface area contributed by atoms with Gasteiger partial charge in [-0.3, -0.25) is 4.79 Å². The molecule has 2 rings (SSSR count). The zero-order chi connectivity index (χ0) is 13.8. The molecule has 1 heterocycles. The van der Waals surface area contributed by atoms with Crippen molar-refractivity contribution >= 4 is 11.7 Å². The van der Waals surface area contributed by atoms with Crippen molar-refractivity contribution in [2.45, 2.75) is 6.54 Å². The van der Waals surface area contributed by atoms with E-state index in [4.69, 9.17) is 5.73 Å². The average Bonchev–Trinajstić information content (AvgIpc) is 2.42. The Labute approximate surface area is 109 Å². The molecule has 6 nitrogen and oxygen atoms in total. The van der Waals surface area contributed by atoms with E-state index in [2.05, 4.69) is 10.3 Å². The standard InChI is InChI=1S/C13H13N3O3/c14-6-8-4-5-11(15-7-8)16-13(19)9-2-1-3-10(17)12(9)18/h1-5,7,17-18H,6,14H2,(H,15,16,19). The van der Waals surface area contributed by atoms with E-state index in [9.17, 15) is 15.0 Å². The average molecular weight is 259 g/mol. The predicted molar refractivity (Wildman–Crippen MR) is 69.9 cm³/mol. The number of nitrogens with one attached hydrogen (secondary N) is 1. The topological polar surface area (TPSA) is 108 Å². The summed E-state index contributed by atoms with van der Waals surface area (Å²) in [6.45, 7) is 0.370. The van der Waals surface area contributed by atoms with Crippen molar-refractivity contribution in [1.29, 1.82) is 0 Å². The first-order valence-electron chi connectivity index (χ1n) is 5.59. The highest BCUT2D eigenvalue weighted by molar-refractivity contribution is 6.06. The molecule has 0 bridgehead atoms. The zero-order valence-corrected chi connectivity index (χ0v) is 10.00. The summed E-state index contributed by atoms with van der Waals surface area (Å²) < 4.78 is 0. The van der Waals surface area contributed by atoms with E-state index < -0.39 is 11.7 Å². The molecule has 0 aliphatic heterocycles.